The summed E-state index contributed by atoms with van der Waals surface area (Å²) in [4.78, 5) is 0. The Balaban J connectivity index is 1.77. The van der Waals surface area contributed by atoms with Gasteiger partial charge in [0.2, 0.25) is 11.8 Å². The maximum absolute atomic E-state index is 13.7. The fourth-order valence-corrected chi connectivity index (χ4v) is 2.80. The smallest absolute Gasteiger partial charge is 0.240 e. The zero-order valence-corrected chi connectivity index (χ0v) is 14.5. The van der Waals surface area contributed by atoms with Crippen molar-refractivity contribution in [2.75, 3.05) is 0 Å². The first-order valence-electron chi connectivity index (χ1n) is 6.91. The van der Waals surface area contributed by atoms with E-state index in [0.717, 1.165) is 22.2 Å². The van der Waals surface area contributed by atoms with Gasteiger partial charge in [0, 0.05) is 22.2 Å². The van der Waals surface area contributed by atoms with E-state index >= 15 is 0 Å². The summed E-state index contributed by atoms with van der Waals surface area (Å²) in [6.45, 7) is 0. The predicted octanol–water partition coefficient (Wildman–Crippen LogP) is 5.52. The number of rotatable bonds is 4. The summed E-state index contributed by atoms with van der Waals surface area (Å²) in [6, 6.07) is 9.53. The minimum absolute atomic E-state index is 0.0300. The second-order valence-corrected chi connectivity index (χ2v) is 6.28. The van der Waals surface area contributed by atoms with E-state index in [2.05, 4.69) is 26.1 Å². The van der Waals surface area contributed by atoms with Gasteiger partial charge in [-0.2, -0.15) is 0 Å². The van der Waals surface area contributed by atoms with Crippen LogP contribution in [0.4, 0.5) is 8.78 Å². The lowest BCUT2D eigenvalue weighted by Crippen LogP contribution is -1.87. The zero-order chi connectivity index (χ0) is 17.1. The molecule has 122 valence electrons. The van der Waals surface area contributed by atoms with Crippen molar-refractivity contribution in [2.24, 2.45) is 0 Å². The predicted molar refractivity (Wildman–Crippen MR) is 91.5 cm³/mol. The summed E-state index contributed by atoms with van der Waals surface area (Å²) >= 11 is 9.22. The topological polar surface area (TPSA) is 38.9 Å². The highest BCUT2D eigenvalue weighted by Gasteiger charge is 2.09. The van der Waals surface area contributed by atoms with Gasteiger partial charge < -0.3 is 4.42 Å². The molecule has 0 spiro atoms. The Bertz CT molecular complexity index is 888. The molecule has 0 bridgehead atoms. The fraction of sp³-hybridized carbons (Fsp3) is 0.0588. The van der Waals surface area contributed by atoms with Crippen LogP contribution in [-0.2, 0) is 6.42 Å². The average molecular weight is 412 g/mol. The molecule has 1 heterocycles. The molecule has 1 aromatic heterocycles. The van der Waals surface area contributed by atoms with E-state index < -0.39 is 11.6 Å². The SMILES string of the molecule is Fc1cc(F)c(/C=C/c2nnc(Cc3cccc(Br)c3)o2)c(Cl)c1. The Hall–Kier alpha value is -2.05. The van der Waals surface area contributed by atoms with Gasteiger partial charge in [-0.15, -0.1) is 10.2 Å². The van der Waals surface area contributed by atoms with Gasteiger partial charge in [0.1, 0.15) is 11.6 Å². The molecule has 24 heavy (non-hydrogen) atoms. The first kappa shape index (κ1) is 16.8. The van der Waals surface area contributed by atoms with Gasteiger partial charge in [0.25, 0.3) is 0 Å². The lowest BCUT2D eigenvalue weighted by molar-refractivity contribution is 0.496. The van der Waals surface area contributed by atoms with Crippen LogP contribution in [-0.4, -0.2) is 10.2 Å². The summed E-state index contributed by atoms with van der Waals surface area (Å²) in [5.74, 6) is -0.855. The first-order valence-corrected chi connectivity index (χ1v) is 8.08. The van der Waals surface area contributed by atoms with E-state index in [1.165, 1.54) is 12.2 Å². The molecule has 0 fully saturated rings. The van der Waals surface area contributed by atoms with Crippen molar-refractivity contribution in [1.82, 2.24) is 10.2 Å². The van der Waals surface area contributed by atoms with Crippen molar-refractivity contribution < 1.29 is 13.2 Å². The summed E-state index contributed by atoms with van der Waals surface area (Å²) in [5.41, 5.74) is 1.07. The van der Waals surface area contributed by atoms with Crippen LogP contribution in [0.5, 0.6) is 0 Å². The Labute approximate surface area is 150 Å². The Morgan fingerprint density at radius 3 is 2.71 bits per heavy atom. The molecule has 0 radical (unpaired) electrons. The molecule has 3 nitrogen and oxygen atoms in total. The van der Waals surface area contributed by atoms with Gasteiger partial charge in [0.15, 0.2) is 0 Å². The molecular formula is C17H10BrClF2N2O. The third kappa shape index (κ3) is 4.07. The number of nitrogens with zero attached hydrogens (tertiary/aromatic N) is 2. The van der Waals surface area contributed by atoms with Gasteiger partial charge in [-0.25, -0.2) is 8.78 Å². The van der Waals surface area contributed by atoms with Gasteiger partial charge in [-0.1, -0.05) is 39.7 Å². The minimum Gasteiger partial charge on any atom is -0.421 e. The van der Waals surface area contributed by atoms with E-state index in [-0.39, 0.29) is 16.5 Å². The van der Waals surface area contributed by atoms with E-state index in [4.69, 9.17) is 16.0 Å². The van der Waals surface area contributed by atoms with Crippen LogP contribution < -0.4 is 0 Å². The average Bonchev–Trinajstić information content (AvgIpc) is 2.93. The van der Waals surface area contributed by atoms with Crippen LogP contribution in [0.1, 0.15) is 22.9 Å². The summed E-state index contributed by atoms with van der Waals surface area (Å²) in [5, 5.41) is 7.78. The van der Waals surface area contributed by atoms with E-state index in [1.807, 2.05) is 24.3 Å². The minimum atomic E-state index is -0.759. The largest absolute Gasteiger partial charge is 0.421 e. The molecule has 3 aromatic rings. The Kier molecular flexibility index (Phi) is 5.06. The number of benzene rings is 2. The number of hydrogen-bond acceptors (Lipinski definition) is 3. The number of hydrogen-bond donors (Lipinski definition) is 0. The highest BCUT2D eigenvalue weighted by Crippen LogP contribution is 2.23. The molecule has 0 N–H and O–H groups in total. The standard InChI is InChI=1S/C17H10BrClF2N2O/c18-11-3-1-2-10(6-11)7-17-23-22-16(24-17)5-4-13-14(19)8-12(20)9-15(13)21/h1-6,8-9H,7H2/b5-4+. The second-order valence-electron chi connectivity index (χ2n) is 4.96. The van der Waals surface area contributed by atoms with Gasteiger partial charge >= 0.3 is 0 Å². The van der Waals surface area contributed by atoms with Crippen molar-refractivity contribution in [3.63, 3.8) is 0 Å². The third-order valence-electron chi connectivity index (χ3n) is 3.16. The van der Waals surface area contributed by atoms with Crippen LogP contribution in [0.3, 0.4) is 0 Å². The highest BCUT2D eigenvalue weighted by molar-refractivity contribution is 9.10. The second kappa shape index (κ2) is 7.23. The van der Waals surface area contributed by atoms with Gasteiger partial charge in [-0.3, -0.25) is 0 Å². The summed E-state index contributed by atoms with van der Waals surface area (Å²) < 4.78 is 33.2. The molecule has 0 amide bonds. The van der Waals surface area contributed by atoms with E-state index in [1.54, 1.807) is 0 Å². The third-order valence-corrected chi connectivity index (χ3v) is 3.97. The van der Waals surface area contributed by atoms with Crippen LogP contribution >= 0.6 is 27.5 Å². The number of halogens is 4. The molecule has 0 aliphatic heterocycles. The zero-order valence-electron chi connectivity index (χ0n) is 12.1. The molecule has 3 rings (SSSR count). The van der Waals surface area contributed by atoms with E-state index in [9.17, 15) is 8.78 Å². The molecule has 0 saturated carbocycles. The quantitative estimate of drug-likeness (QED) is 0.567. The maximum Gasteiger partial charge on any atom is 0.240 e. The lowest BCUT2D eigenvalue weighted by atomic mass is 10.1. The lowest BCUT2D eigenvalue weighted by Gasteiger charge is -2.00. The first-order chi connectivity index (χ1) is 11.5. The van der Waals surface area contributed by atoms with Crippen LogP contribution in [0.25, 0.3) is 12.2 Å². The monoisotopic (exact) mass is 410 g/mol. The van der Waals surface area contributed by atoms with Crippen LogP contribution in [0.15, 0.2) is 45.3 Å². The van der Waals surface area contributed by atoms with Gasteiger partial charge in [0.05, 0.1) is 11.4 Å². The number of aromatic nitrogens is 2. The van der Waals surface area contributed by atoms with Crippen molar-refractivity contribution in [2.45, 2.75) is 6.42 Å². The molecule has 2 aromatic carbocycles. The molecule has 7 heteroatoms. The van der Waals surface area contributed by atoms with E-state index in [0.29, 0.717) is 12.3 Å². The van der Waals surface area contributed by atoms with Crippen LogP contribution in [0.2, 0.25) is 5.02 Å². The van der Waals surface area contributed by atoms with Crippen LogP contribution in [0, 0.1) is 11.6 Å². The Morgan fingerprint density at radius 2 is 1.96 bits per heavy atom. The molecule has 0 aliphatic carbocycles. The molecule has 0 unspecified atom stereocenters. The molecule has 0 atom stereocenters. The maximum atomic E-state index is 13.7. The van der Waals surface area contributed by atoms with Crippen molar-refractivity contribution >= 4 is 39.7 Å². The normalized spacial score (nSPS) is 11.3. The Morgan fingerprint density at radius 1 is 1.12 bits per heavy atom. The molecule has 0 aliphatic rings. The molecular weight excluding hydrogens is 402 g/mol. The van der Waals surface area contributed by atoms with Crippen molar-refractivity contribution in [3.05, 3.63) is 80.4 Å². The summed E-state index contributed by atoms with van der Waals surface area (Å²) in [7, 11) is 0. The van der Waals surface area contributed by atoms with Crippen molar-refractivity contribution in [3.8, 4) is 0 Å². The van der Waals surface area contributed by atoms with Gasteiger partial charge in [-0.05, 0) is 29.8 Å². The highest BCUT2D eigenvalue weighted by atomic mass is 79.9. The van der Waals surface area contributed by atoms with Crippen molar-refractivity contribution in [1.29, 1.82) is 0 Å². The molecule has 0 saturated heterocycles. The summed E-state index contributed by atoms with van der Waals surface area (Å²) in [6.07, 6.45) is 3.28. The fourth-order valence-electron chi connectivity index (χ4n) is 2.09.